The zero-order valence-electron chi connectivity index (χ0n) is 18.2. The Balaban J connectivity index is 0.000000305. The average molecular weight is 440 g/mol. The summed E-state index contributed by atoms with van der Waals surface area (Å²) in [7, 11) is 1.60. The highest BCUT2D eigenvalue weighted by atomic mass is 16.5. The number of ether oxygens (including phenoxy) is 1. The molecule has 1 aliphatic heterocycles. The summed E-state index contributed by atoms with van der Waals surface area (Å²) in [5.41, 5.74) is 2.15. The topological polar surface area (TPSA) is 111 Å². The van der Waals surface area contributed by atoms with Gasteiger partial charge in [0, 0.05) is 50.0 Å². The van der Waals surface area contributed by atoms with E-state index < -0.39 is 5.97 Å². The maximum Gasteiger partial charge on any atom is 0.328 e. The van der Waals surface area contributed by atoms with Gasteiger partial charge in [-0.1, -0.05) is 12.1 Å². The SMILES string of the molecule is COc1ccccn1.O=C(O)CCn1ccn(CCCc2ccc3c(n2)NCCC3)c1=O. The van der Waals surface area contributed by atoms with Crippen molar-refractivity contribution in [2.45, 2.75) is 45.2 Å². The molecule has 0 fully saturated rings. The molecule has 0 radical (unpaired) electrons. The van der Waals surface area contributed by atoms with E-state index in [0.29, 0.717) is 12.4 Å². The van der Waals surface area contributed by atoms with Crippen molar-refractivity contribution >= 4 is 11.8 Å². The van der Waals surface area contributed by atoms with E-state index in [0.717, 1.165) is 43.7 Å². The Morgan fingerprint density at radius 2 is 2.00 bits per heavy atom. The lowest BCUT2D eigenvalue weighted by Gasteiger charge is -2.17. The number of hydrogen-bond acceptors (Lipinski definition) is 6. The number of nitrogens with zero attached hydrogens (tertiary/aromatic N) is 4. The second-order valence-corrected chi connectivity index (χ2v) is 7.43. The van der Waals surface area contributed by atoms with Crippen LogP contribution in [0.5, 0.6) is 5.88 Å². The molecule has 2 N–H and O–H groups in total. The number of carboxylic acid groups (broad SMARTS) is 1. The molecule has 170 valence electrons. The minimum atomic E-state index is -0.901. The molecule has 0 aliphatic carbocycles. The highest BCUT2D eigenvalue weighted by Crippen LogP contribution is 2.20. The molecule has 0 saturated heterocycles. The highest BCUT2D eigenvalue weighted by Gasteiger charge is 2.10. The number of anilines is 1. The normalized spacial score (nSPS) is 12.2. The van der Waals surface area contributed by atoms with E-state index in [4.69, 9.17) is 9.84 Å². The van der Waals surface area contributed by atoms with E-state index in [1.54, 1.807) is 36.3 Å². The predicted molar refractivity (Wildman–Crippen MR) is 121 cm³/mol. The van der Waals surface area contributed by atoms with Crippen LogP contribution in [0.1, 0.15) is 30.5 Å². The molecular formula is C23H29N5O4. The first kappa shape index (κ1) is 23.1. The molecule has 0 bridgehead atoms. The van der Waals surface area contributed by atoms with Crippen LogP contribution in [-0.2, 0) is 30.7 Å². The number of pyridine rings is 2. The van der Waals surface area contributed by atoms with Gasteiger partial charge in [0.25, 0.3) is 0 Å². The van der Waals surface area contributed by atoms with Crippen LogP contribution < -0.4 is 15.7 Å². The molecule has 3 aromatic heterocycles. The standard InChI is InChI=1S/C17H22N4O3.C6H7NO/c22-15(23)7-10-21-12-11-20(17(21)24)9-2-4-14-6-5-13-3-1-8-18-16(13)19-14;1-8-6-4-2-3-5-7-6/h5-6,11-12H,1-4,7-10H2,(H,18,19)(H,22,23);2-5H,1H3. The van der Waals surface area contributed by atoms with Crippen molar-refractivity contribution < 1.29 is 14.6 Å². The third kappa shape index (κ3) is 6.69. The number of imidazole rings is 1. The van der Waals surface area contributed by atoms with Crippen molar-refractivity contribution in [1.29, 1.82) is 0 Å². The number of rotatable bonds is 8. The monoisotopic (exact) mass is 439 g/mol. The van der Waals surface area contributed by atoms with E-state index >= 15 is 0 Å². The summed E-state index contributed by atoms with van der Waals surface area (Å²) in [6, 6.07) is 9.74. The Labute approximate surface area is 186 Å². The number of carboxylic acids is 1. The molecule has 0 atom stereocenters. The number of aromatic nitrogens is 4. The Kier molecular flexibility index (Phi) is 8.42. The van der Waals surface area contributed by atoms with Gasteiger partial charge in [-0.15, -0.1) is 0 Å². The van der Waals surface area contributed by atoms with E-state index in [1.807, 2.05) is 12.1 Å². The lowest BCUT2D eigenvalue weighted by atomic mass is 10.1. The van der Waals surface area contributed by atoms with Crippen molar-refractivity contribution in [2.75, 3.05) is 19.0 Å². The van der Waals surface area contributed by atoms with Gasteiger partial charge in [-0.3, -0.25) is 13.9 Å². The number of aryl methyl sites for hydroxylation is 4. The molecular weight excluding hydrogens is 410 g/mol. The van der Waals surface area contributed by atoms with Gasteiger partial charge in [0.1, 0.15) is 5.82 Å². The maximum atomic E-state index is 12.1. The van der Waals surface area contributed by atoms with Crippen LogP contribution >= 0.6 is 0 Å². The number of fused-ring (bicyclic) bond motifs is 1. The number of aliphatic carboxylic acids is 1. The first-order valence-corrected chi connectivity index (χ1v) is 10.7. The Bertz CT molecular complexity index is 1060. The van der Waals surface area contributed by atoms with Gasteiger partial charge >= 0.3 is 11.7 Å². The van der Waals surface area contributed by atoms with E-state index in [9.17, 15) is 9.59 Å². The van der Waals surface area contributed by atoms with Gasteiger partial charge in [-0.05, 0) is 43.4 Å². The van der Waals surface area contributed by atoms with Crippen LogP contribution in [0.25, 0.3) is 0 Å². The second-order valence-electron chi connectivity index (χ2n) is 7.43. The molecule has 9 nitrogen and oxygen atoms in total. The first-order chi connectivity index (χ1) is 15.6. The van der Waals surface area contributed by atoms with Crippen molar-refractivity contribution in [1.82, 2.24) is 19.1 Å². The van der Waals surface area contributed by atoms with Gasteiger partial charge in [-0.25, -0.2) is 14.8 Å². The fourth-order valence-electron chi connectivity index (χ4n) is 3.42. The third-order valence-electron chi connectivity index (χ3n) is 5.12. The fraction of sp³-hybridized carbons (Fsp3) is 0.391. The van der Waals surface area contributed by atoms with Gasteiger partial charge in [-0.2, -0.15) is 0 Å². The van der Waals surface area contributed by atoms with Gasteiger partial charge < -0.3 is 15.2 Å². The summed E-state index contributed by atoms with van der Waals surface area (Å²) in [6.07, 6.45) is 8.86. The van der Waals surface area contributed by atoms with Crippen molar-refractivity contribution in [2.24, 2.45) is 0 Å². The fourth-order valence-corrected chi connectivity index (χ4v) is 3.42. The Morgan fingerprint density at radius 3 is 2.69 bits per heavy atom. The lowest BCUT2D eigenvalue weighted by molar-refractivity contribution is -0.137. The van der Waals surface area contributed by atoms with E-state index in [2.05, 4.69) is 27.4 Å². The van der Waals surface area contributed by atoms with Gasteiger partial charge in [0.15, 0.2) is 0 Å². The van der Waals surface area contributed by atoms with Crippen molar-refractivity contribution in [3.8, 4) is 5.88 Å². The molecule has 0 unspecified atom stereocenters. The number of carbonyl (C=O) groups is 1. The second kappa shape index (κ2) is 11.7. The summed E-state index contributed by atoms with van der Waals surface area (Å²) in [6.45, 7) is 1.78. The smallest absolute Gasteiger partial charge is 0.328 e. The minimum absolute atomic E-state index is 0.0457. The molecule has 1 aliphatic rings. The molecule has 0 spiro atoms. The molecule has 9 heteroatoms. The summed E-state index contributed by atoms with van der Waals surface area (Å²) < 4.78 is 7.87. The molecule has 0 saturated carbocycles. The van der Waals surface area contributed by atoms with Crippen molar-refractivity contribution in [3.63, 3.8) is 0 Å². The lowest BCUT2D eigenvalue weighted by Crippen LogP contribution is -2.25. The largest absolute Gasteiger partial charge is 0.481 e. The molecule has 3 aromatic rings. The summed E-state index contributed by atoms with van der Waals surface area (Å²) >= 11 is 0. The highest BCUT2D eigenvalue weighted by molar-refractivity contribution is 5.66. The molecule has 4 heterocycles. The van der Waals surface area contributed by atoms with Crippen LogP contribution in [0.4, 0.5) is 5.82 Å². The zero-order chi connectivity index (χ0) is 22.8. The molecule has 4 rings (SSSR count). The van der Waals surface area contributed by atoms with Crippen molar-refractivity contribution in [3.05, 3.63) is 70.7 Å². The number of nitrogens with one attached hydrogen (secondary N) is 1. The van der Waals surface area contributed by atoms with Crippen LogP contribution in [-0.4, -0.2) is 43.8 Å². The number of methoxy groups -OCH3 is 1. The van der Waals surface area contributed by atoms with Gasteiger partial charge in [0.05, 0.1) is 13.5 Å². The molecule has 0 amide bonds. The summed E-state index contributed by atoms with van der Waals surface area (Å²) in [4.78, 5) is 31.2. The van der Waals surface area contributed by atoms with Crippen LogP contribution in [0.3, 0.4) is 0 Å². The Hall–Kier alpha value is -3.62. The quantitative estimate of drug-likeness (QED) is 0.555. The Morgan fingerprint density at radius 1 is 1.19 bits per heavy atom. The first-order valence-electron chi connectivity index (χ1n) is 10.7. The van der Waals surface area contributed by atoms with Crippen LogP contribution in [0.15, 0.2) is 53.7 Å². The van der Waals surface area contributed by atoms with Gasteiger partial charge in [0.2, 0.25) is 5.88 Å². The summed E-state index contributed by atoms with van der Waals surface area (Å²) in [5, 5.41) is 12.0. The molecule has 0 aromatic carbocycles. The minimum Gasteiger partial charge on any atom is -0.481 e. The zero-order valence-corrected chi connectivity index (χ0v) is 18.2. The van der Waals surface area contributed by atoms with Crippen LogP contribution in [0.2, 0.25) is 0 Å². The van der Waals surface area contributed by atoms with E-state index in [-0.39, 0.29) is 18.7 Å². The average Bonchev–Trinajstić information content (AvgIpc) is 3.18. The van der Waals surface area contributed by atoms with Crippen LogP contribution in [0, 0.1) is 0 Å². The maximum absolute atomic E-state index is 12.1. The third-order valence-corrected chi connectivity index (χ3v) is 5.12. The molecule has 32 heavy (non-hydrogen) atoms. The summed E-state index contributed by atoms with van der Waals surface area (Å²) in [5.74, 6) is 0.755. The number of hydrogen-bond donors (Lipinski definition) is 2. The predicted octanol–water partition coefficient (Wildman–Crippen LogP) is 2.60. The van der Waals surface area contributed by atoms with E-state index in [1.165, 1.54) is 10.1 Å².